The second-order valence-electron chi connectivity index (χ2n) is 5.70. The molecule has 1 unspecified atom stereocenters. The van der Waals surface area contributed by atoms with Crippen LogP contribution >= 0.6 is 0 Å². The van der Waals surface area contributed by atoms with Crippen LogP contribution in [0.15, 0.2) is 42.5 Å². The van der Waals surface area contributed by atoms with E-state index in [4.69, 9.17) is 0 Å². The number of hydrogen-bond donors (Lipinski definition) is 2. The summed E-state index contributed by atoms with van der Waals surface area (Å²) in [5, 5.41) is 14.3. The van der Waals surface area contributed by atoms with E-state index in [0.717, 1.165) is 19.3 Å². The molecule has 22 heavy (non-hydrogen) atoms. The number of nitrogens with zero attached hydrogens (tertiary/aromatic N) is 2. The third-order valence-electron chi connectivity index (χ3n) is 4.06. The molecule has 0 saturated heterocycles. The van der Waals surface area contributed by atoms with E-state index in [2.05, 4.69) is 39.9 Å². The van der Waals surface area contributed by atoms with Crippen LogP contribution in [0.2, 0.25) is 0 Å². The van der Waals surface area contributed by atoms with Crippen LogP contribution in [0.25, 0.3) is 0 Å². The average Bonchev–Trinajstić information content (AvgIpc) is 2.48. The van der Waals surface area contributed by atoms with Gasteiger partial charge in [-0.1, -0.05) is 36.8 Å². The highest BCUT2D eigenvalue weighted by atomic mass is 16.2. The standard InChI is InChI=1S/C17H20N4O/c1-12(13-6-3-2-4-7-13)18-15-10-11-16(21-20-15)19-17(22)14-8-5-9-14/h2-4,6-7,10-12,14H,5,8-9H2,1H3,(H,18,20)(H,19,21,22). The Balaban J connectivity index is 1.58. The van der Waals surface area contributed by atoms with Crippen LogP contribution in [0.1, 0.15) is 37.8 Å². The lowest BCUT2D eigenvalue weighted by molar-refractivity contribution is -0.122. The smallest absolute Gasteiger partial charge is 0.228 e. The van der Waals surface area contributed by atoms with Crippen molar-refractivity contribution in [2.45, 2.75) is 32.2 Å². The van der Waals surface area contributed by atoms with Crippen LogP contribution < -0.4 is 10.6 Å². The minimum Gasteiger partial charge on any atom is -0.362 e. The van der Waals surface area contributed by atoms with Gasteiger partial charge in [0.25, 0.3) is 0 Å². The molecule has 0 radical (unpaired) electrons. The lowest BCUT2D eigenvalue weighted by Crippen LogP contribution is -2.28. The number of carbonyl (C=O) groups excluding carboxylic acids is 1. The molecule has 2 N–H and O–H groups in total. The van der Waals surface area contributed by atoms with Crippen LogP contribution in [0.4, 0.5) is 11.6 Å². The Morgan fingerprint density at radius 2 is 1.77 bits per heavy atom. The van der Waals surface area contributed by atoms with Gasteiger partial charge in [0.05, 0.1) is 0 Å². The minimum atomic E-state index is 0.0545. The van der Waals surface area contributed by atoms with E-state index in [0.29, 0.717) is 11.6 Å². The molecule has 1 fully saturated rings. The van der Waals surface area contributed by atoms with Gasteiger partial charge in [0.1, 0.15) is 5.82 Å². The van der Waals surface area contributed by atoms with E-state index in [1.165, 1.54) is 5.56 Å². The van der Waals surface area contributed by atoms with Crippen molar-refractivity contribution in [3.8, 4) is 0 Å². The van der Waals surface area contributed by atoms with Crippen molar-refractivity contribution >= 4 is 17.5 Å². The van der Waals surface area contributed by atoms with Gasteiger partial charge in [-0.05, 0) is 37.5 Å². The predicted molar refractivity (Wildman–Crippen MR) is 86.5 cm³/mol. The first-order chi connectivity index (χ1) is 10.7. The third-order valence-corrected chi connectivity index (χ3v) is 4.06. The molecule has 2 aromatic rings. The molecule has 1 aliphatic rings. The Hall–Kier alpha value is -2.43. The molecule has 114 valence electrons. The number of hydrogen-bond acceptors (Lipinski definition) is 4. The van der Waals surface area contributed by atoms with Crippen molar-refractivity contribution in [3.63, 3.8) is 0 Å². The van der Waals surface area contributed by atoms with Crippen molar-refractivity contribution < 1.29 is 4.79 Å². The average molecular weight is 296 g/mol. The van der Waals surface area contributed by atoms with Crippen molar-refractivity contribution in [3.05, 3.63) is 48.0 Å². The van der Waals surface area contributed by atoms with Crippen LogP contribution in [-0.2, 0) is 4.79 Å². The van der Waals surface area contributed by atoms with Gasteiger partial charge < -0.3 is 10.6 Å². The summed E-state index contributed by atoms with van der Waals surface area (Å²) >= 11 is 0. The molecule has 0 aliphatic heterocycles. The highest BCUT2D eigenvalue weighted by Gasteiger charge is 2.25. The van der Waals surface area contributed by atoms with Gasteiger partial charge in [0.15, 0.2) is 5.82 Å². The minimum absolute atomic E-state index is 0.0545. The molecular formula is C17H20N4O. The SMILES string of the molecule is CC(Nc1ccc(NC(=O)C2CCC2)nn1)c1ccccc1. The molecule has 1 saturated carbocycles. The molecule has 0 bridgehead atoms. The van der Waals surface area contributed by atoms with E-state index in [-0.39, 0.29) is 17.9 Å². The van der Waals surface area contributed by atoms with Crippen LogP contribution in [0, 0.1) is 5.92 Å². The van der Waals surface area contributed by atoms with E-state index in [1.807, 2.05) is 24.3 Å². The summed E-state index contributed by atoms with van der Waals surface area (Å²) < 4.78 is 0. The van der Waals surface area contributed by atoms with Crippen molar-refractivity contribution in [1.82, 2.24) is 10.2 Å². The Morgan fingerprint density at radius 3 is 2.36 bits per heavy atom. The Morgan fingerprint density at radius 1 is 1.09 bits per heavy atom. The molecule has 1 aromatic carbocycles. The molecule has 5 nitrogen and oxygen atoms in total. The summed E-state index contributed by atoms with van der Waals surface area (Å²) in [5.41, 5.74) is 1.19. The molecule has 1 aromatic heterocycles. The Kier molecular flexibility index (Phi) is 4.32. The van der Waals surface area contributed by atoms with Gasteiger partial charge in [-0.15, -0.1) is 10.2 Å². The summed E-state index contributed by atoms with van der Waals surface area (Å²) in [6, 6.07) is 13.9. The monoisotopic (exact) mass is 296 g/mol. The molecular weight excluding hydrogens is 276 g/mol. The number of nitrogens with one attached hydrogen (secondary N) is 2. The fourth-order valence-electron chi connectivity index (χ4n) is 2.42. The maximum Gasteiger partial charge on any atom is 0.228 e. The summed E-state index contributed by atoms with van der Waals surface area (Å²) in [6.07, 6.45) is 3.10. The van der Waals surface area contributed by atoms with Crippen LogP contribution in [0.3, 0.4) is 0 Å². The van der Waals surface area contributed by atoms with Crippen LogP contribution in [-0.4, -0.2) is 16.1 Å². The second-order valence-corrected chi connectivity index (χ2v) is 5.70. The van der Waals surface area contributed by atoms with Gasteiger partial charge in [-0.2, -0.15) is 0 Å². The lowest BCUT2D eigenvalue weighted by Gasteiger charge is -2.23. The lowest BCUT2D eigenvalue weighted by atomic mass is 9.85. The van der Waals surface area contributed by atoms with Crippen molar-refractivity contribution in [2.75, 3.05) is 10.6 Å². The van der Waals surface area contributed by atoms with E-state index >= 15 is 0 Å². The fraction of sp³-hybridized carbons (Fsp3) is 0.353. The molecule has 3 rings (SSSR count). The number of rotatable bonds is 5. The van der Waals surface area contributed by atoms with E-state index < -0.39 is 0 Å². The Bertz CT molecular complexity index is 623. The predicted octanol–water partition coefficient (Wildman–Crippen LogP) is 3.39. The first kappa shape index (κ1) is 14.5. The van der Waals surface area contributed by atoms with Crippen molar-refractivity contribution in [2.24, 2.45) is 5.92 Å². The largest absolute Gasteiger partial charge is 0.362 e. The number of anilines is 2. The molecule has 1 heterocycles. The molecule has 1 atom stereocenters. The highest BCUT2D eigenvalue weighted by Crippen LogP contribution is 2.27. The van der Waals surface area contributed by atoms with Crippen LogP contribution in [0.5, 0.6) is 0 Å². The maximum absolute atomic E-state index is 11.8. The topological polar surface area (TPSA) is 66.9 Å². The van der Waals surface area contributed by atoms with Crippen molar-refractivity contribution in [1.29, 1.82) is 0 Å². The normalized spacial score (nSPS) is 15.7. The van der Waals surface area contributed by atoms with Gasteiger partial charge in [-0.25, -0.2) is 0 Å². The fourth-order valence-corrected chi connectivity index (χ4v) is 2.42. The first-order valence-corrected chi connectivity index (χ1v) is 7.68. The van der Waals surface area contributed by atoms with E-state index in [9.17, 15) is 4.79 Å². The number of benzene rings is 1. The zero-order valence-corrected chi connectivity index (χ0v) is 12.6. The maximum atomic E-state index is 11.8. The Labute approximate surface area is 130 Å². The number of aromatic nitrogens is 2. The quantitative estimate of drug-likeness (QED) is 0.887. The summed E-state index contributed by atoms with van der Waals surface area (Å²) in [4.78, 5) is 11.8. The third kappa shape index (κ3) is 3.42. The summed E-state index contributed by atoms with van der Waals surface area (Å²) in [5.74, 6) is 1.41. The van der Waals surface area contributed by atoms with E-state index in [1.54, 1.807) is 6.07 Å². The summed E-state index contributed by atoms with van der Waals surface area (Å²) in [7, 11) is 0. The van der Waals surface area contributed by atoms with Gasteiger partial charge in [0.2, 0.25) is 5.91 Å². The molecule has 1 aliphatic carbocycles. The first-order valence-electron chi connectivity index (χ1n) is 7.68. The number of amides is 1. The highest BCUT2D eigenvalue weighted by molar-refractivity contribution is 5.92. The van der Waals surface area contributed by atoms with Gasteiger partial charge in [0, 0.05) is 12.0 Å². The van der Waals surface area contributed by atoms with Gasteiger partial charge in [-0.3, -0.25) is 4.79 Å². The summed E-state index contributed by atoms with van der Waals surface area (Å²) in [6.45, 7) is 2.07. The number of carbonyl (C=O) groups is 1. The molecule has 0 spiro atoms. The van der Waals surface area contributed by atoms with Gasteiger partial charge >= 0.3 is 0 Å². The second kappa shape index (κ2) is 6.56. The molecule has 1 amide bonds. The zero-order chi connectivity index (χ0) is 15.4. The zero-order valence-electron chi connectivity index (χ0n) is 12.6. The molecule has 5 heteroatoms.